The molecule has 1 heterocycles. The Bertz CT molecular complexity index is 1320. The lowest BCUT2D eigenvalue weighted by atomic mass is 10.1. The molecule has 0 aliphatic carbocycles. The number of halogens is 3. The number of rotatable bonds is 5. The van der Waals surface area contributed by atoms with Crippen LogP contribution in [0.5, 0.6) is 0 Å². The minimum Gasteiger partial charge on any atom is -0.320 e. The molecule has 1 saturated heterocycles. The van der Waals surface area contributed by atoms with Crippen molar-refractivity contribution in [2.24, 2.45) is 0 Å². The van der Waals surface area contributed by atoms with Gasteiger partial charge in [-0.15, -0.1) is 0 Å². The maximum Gasteiger partial charge on any atom is 0.269 e. The number of thioether (sulfide) groups is 1. The van der Waals surface area contributed by atoms with E-state index >= 15 is 0 Å². The fourth-order valence-electron chi connectivity index (χ4n) is 3.41. The molecule has 1 aliphatic rings. The van der Waals surface area contributed by atoms with Crippen LogP contribution in [0, 0.1) is 17.1 Å². The predicted octanol–water partition coefficient (Wildman–Crippen LogP) is 6.20. The first-order valence-corrected chi connectivity index (χ1v) is 11.7. The fourth-order valence-corrected chi connectivity index (χ4v) is 5.17. The van der Waals surface area contributed by atoms with Gasteiger partial charge in [-0.25, -0.2) is 4.39 Å². The summed E-state index contributed by atoms with van der Waals surface area (Å²) in [4.78, 5) is 27.9. The predicted molar refractivity (Wildman–Crippen MR) is 133 cm³/mol. The lowest BCUT2D eigenvalue weighted by molar-refractivity contribution is -0.117. The first-order valence-electron chi connectivity index (χ1n) is 10.1. The first kappa shape index (κ1) is 23.8. The molecule has 34 heavy (non-hydrogen) atoms. The molecule has 1 N–H and O–H groups in total. The average molecular weight is 512 g/mol. The number of benzene rings is 3. The normalized spacial score (nSPS) is 16.8. The van der Waals surface area contributed by atoms with Crippen molar-refractivity contribution in [3.8, 4) is 6.07 Å². The highest BCUT2D eigenvalue weighted by atomic mass is 35.5. The van der Waals surface area contributed by atoms with Gasteiger partial charge in [0.05, 0.1) is 16.0 Å². The minimum absolute atomic E-state index is 0.215. The molecular formula is C25H16Cl2FN3O2S. The first-order chi connectivity index (χ1) is 16.4. The van der Waals surface area contributed by atoms with Gasteiger partial charge in [0.15, 0.2) is 0 Å². The summed E-state index contributed by atoms with van der Waals surface area (Å²) in [6, 6.07) is 21.2. The summed E-state index contributed by atoms with van der Waals surface area (Å²) < 4.78 is 13.3. The molecule has 0 unspecified atom stereocenters. The Morgan fingerprint density at radius 3 is 2.44 bits per heavy atom. The van der Waals surface area contributed by atoms with Gasteiger partial charge in [0.1, 0.15) is 22.5 Å². The van der Waals surface area contributed by atoms with Crippen molar-refractivity contribution < 1.29 is 14.0 Å². The summed E-state index contributed by atoms with van der Waals surface area (Å²) in [5.41, 5.74) is 1.35. The smallest absolute Gasteiger partial charge is 0.269 e. The number of carbonyl (C=O) groups is 2. The molecule has 0 saturated carbocycles. The number of hydrogen-bond donors (Lipinski definition) is 1. The van der Waals surface area contributed by atoms with Crippen LogP contribution in [0.25, 0.3) is 0 Å². The zero-order chi connectivity index (χ0) is 24.2. The highest BCUT2D eigenvalue weighted by molar-refractivity contribution is 8.05. The zero-order valence-electron chi connectivity index (χ0n) is 17.5. The van der Waals surface area contributed by atoms with E-state index in [1.807, 2.05) is 6.07 Å². The van der Waals surface area contributed by atoms with Gasteiger partial charge in [-0.05, 0) is 54.4 Å². The Balaban J connectivity index is 1.71. The number of nitrogens with zero attached hydrogens (tertiary/aromatic N) is 2. The van der Waals surface area contributed by atoms with Gasteiger partial charge in [0.25, 0.3) is 5.91 Å². The second-order valence-electron chi connectivity index (χ2n) is 7.32. The number of hydrogen-bond acceptors (Lipinski definition) is 4. The summed E-state index contributed by atoms with van der Waals surface area (Å²) in [5.74, 6) is -1.35. The molecule has 5 nitrogen and oxygen atoms in total. The van der Waals surface area contributed by atoms with Crippen LogP contribution in [0.4, 0.5) is 15.8 Å². The summed E-state index contributed by atoms with van der Waals surface area (Å²) in [5, 5.41) is 12.7. The van der Waals surface area contributed by atoms with E-state index in [-0.39, 0.29) is 33.0 Å². The van der Waals surface area contributed by atoms with Crippen LogP contribution in [0.3, 0.4) is 0 Å². The molecule has 1 fully saturated rings. The van der Waals surface area contributed by atoms with Gasteiger partial charge in [-0.2, -0.15) is 5.26 Å². The van der Waals surface area contributed by atoms with Crippen LogP contribution in [0.15, 0.2) is 83.4 Å². The largest absolute Gasteiger partial charge is 0.320 e. The summed E-state index contributed by atoms with van der Waals surface area (Å²) >= 11 is 13.2. The molecule has 0 radical (unpaired) electrons. The van der Waals surface area contributed by atoms with E-state index in [2.05, 4.69) is 5.32 Å². The van der Waals surface area contributed by atoms with Crippen molar-refractivity contribution in [1.29, 1.82) is 5.26 Å². The topological polar surface area (TPSA) is 73.2 Å². The average Bonchev–Trinajstić information content (AvgIpc) is 3.13. The number of para-hydroxylation sites is 1. The van der Waals surface area contributed by atoms with Gasteiger partial charge >= 0.3 is 0 Å². The van der Waals surface area contributed by atoms with Crippen molar-refractivity contribution in [3.63, 3.8) is 0 Å². The molecule has 2 amide bonds. The van der Waals surface area contributed by atoms with E-state index < -0.39 is 11.2 Å². The van der Waals surface area contributed by atoms with Gasteiger partial charge < -0.3 is 5.32 Å². The maximum atomic E-state index is 13.4. The monoisotopic (exact) mass is 511 g/mol. The summed E-state index contributed by atoms with van der Waals surface area (Å²) in [7, 11) is 0. The number of amides is 2. The van der Waals surface area contributed by atoms with Gasteiger partial charge in [-0.3, -0.25) is 14.5 Å². The SMILES string of the molecule is N#C/C(C(=O)Nc1ccc(Cl)cc1Cl)=C1\S[C@H](Cc2ccc(F)cc2)C(=O)N1c1ccccc1. The molecule has 3 aromatic carbocycles. The Kier molecular flexibility index (Phi) is 7.23. The number of nitrogens with one attached hydrogen (secondary N) is 1. The zero-order valence-corrected chi connectivity index (χ0v) is 19.8. The maximum absolute atomic E-state index is 13.4. The van der Waals surface area contributed by atoms with E-state index in [4.69, 9.17) is 23.2 Å². The standard InChI is InChI=1S/C25H16Cl2FN3O2S/c26-16-8-11-21(20(27)13-16)30-23(32)19(14-29)25-31(18-4-2-1-3-5-18)24(33)22(34-25)12-15-6-9-17(28)10-7-15/h1-11,13,22H,12H2,(H,30,32)/b25-19+/t22-/m1/s1. The van der Waals surface area contributed by atoms with Crippen LogP contribution in [0.2, 0.25) is 10.0 Å². The third-order valence-electron chi connectivity index (χ3n) is 5.03. The van der Waals surface area contributed by atoms with Gasteiger partial charge in [0.2, 0.25) is 5.91 Å². The van der Waals surface area contributed by atoms with Crippen molar-refractivity contribution in [1.82, 2.24) is 0 Å². The molecule has 1 aliphatic heterocycles. The minimum atomic E-state index is -0.703. The Labute approximate surface area is 209 Å². The molecule has 0 aromatic heterocycles. The molecule has 0 bridgehead atoms. The lowest BCUT2D eigenvalue weighted by Gasteiger charge is -2.18. The van der Waals surface area contributed by atoms with Crippen molar-refractivity contribution in [2.75, 3.05) is 10.2 Å². The van der Waals surface area contributed by atoms with E-state index in [9.17, 15) is 19.2 Å². The van der Waals surface area contributed by atoms with Crippen LogP contribution < -0.4 is 10.2 Å². The lowest BCUT2D eigenvalue weighted by Crippen LogP contribution is -2.30. The Hall–Kier alpha value is -3.31. The highest BCUT2D eigenvalue weighted by Gasteiger charge is 2.40. The molecule has 170 valence electrons. The fraction of sp³-hybridized carbons (Fsp3) is 0.0800. The van der Waals surface area contributed by atoms with E-state index in [1.54, 1.807) is 48.5 Å². The third kappa shape index (κ3) is 5.10. The van der Waals surface area contributed by atoms with Crippen molar-refractivity contribution >= 4 is 58.2 Å². The van der Waals surface area contributed by atoms with Crippen LogP contribution in [-0.4, -0.2) is 17.1 Å². The van der Waals surface area contributed by atoms with E-state index in [0.717, 1.165) is 17.3 Å². The van der Waals surface area contributed by atoms with E-state index in [0.29, 0.717) is 17.1 Å². The van der Waals surface area contributed by atoms with Crippen LogP contribution in [0.1, 0.15) is 5.56 Å². The van der Waals surface area contributed by atoms with Crippen molar-refractivity contribution in [3.05, 3.63) is 105 Å². The summed E-state index contributed by atoms with van der Waals surface area (Å²) in [6.45, 7) is 0. The van der Waals surface area contributed by atoms with E-state index in [1.165, 1.54) is 29.2 Å². The number of anilines is 2. The molecule has 0 spiro atoms. The molecule has 9 heteroatoms. The Morgan fingerprint density at radius 1 is 1.09 bits per heavy atom. The Morgan fingerprint density at radius 2 is 1.79 bits per heavy atom. The number of nitriles is 1. The number of carbonyl (C=O) groups excluding carboxylic acids is 2. The van der Waals surface area contributed by atoms with Crippen molar-refractivity contribution in [2.45, 2.75) is 11.7 Å². The van der Waals surface area contributed by atoms with Gasteiger partial charge in [0, 0.05) is 10.7 Å². The summed E-state index contributed by atoms with van der Waals surface area (Å²) in [6.07, 6.45) is 0.306. The second kappa shape index (κ2) is 10.3. The van der Waals surface area contributed by atoms with Gasteiger partial charge in [-0.1, -0.05) is 65.3 Å². The quantitative estimate of drug-likeness (QED) is 0.327. The third-order valence-corrected chi connectivity index (χ3v) is 6.84. The molecule has 1 atom stereocenters. The molecule has 4 rings (SSSR count). The second-order valence-corrected chi connectivity index (χ2v) is 9.35. The van der Waals surface area contributed by atoms with Crippen LogP contribution in [-0.2, 0) is 16.0 Å². The molecular weight excluding hydrogens is 496 g/mol. The highest BCUT2D eigenvalue weighted by Crippen LogP contribution is 2.42. The molecule has 3 aromatic rings. The van der Waals surface area contributed by atoms with Crippen LogP contribution >= 0.6 is 35.0 Å².